The van der Waals surface area contributed by atoms with E-state index in [2.05, 4.69) is 26.0 Å². The van der Waals surface area contributed by atoms with E-state index in [0.717, 1.165) is 23.7 Å². The zero-order valence-corrected chi connectivity index (χ0v) is 11.7. The van der Waals surface area contributed by atoms with Gasteiger partial charge in [-0.2, -0.15) is 0 Å². The number of ether oxygens (including phenoxy) is 2. The van der Waals surface area contributed by atoms with Crippen LogP contribution in [0, 0.1) is 5.92 Å². The molecule has 0 fully saturated rings. The molecule has 0 saturated carbocycles. The van der Waals surface area contributed by atoms with E-state index in [-0.39, 0.29) is 0 Å². The number of hydrogen-bond donors (Lipinski definition) is 0. The first-order chi connectivity index (χ1) is 9.17. The first kappa shape index (κ1) is 13.5. The zero-order valence-electron chi connectivity index (χ0n) is 11.7. The number of methoxy groups -OCH3 is 1. The summed E-state index contributed by atoms with van der Waals surface area (Å²) in [7, 11) is 1.66. The Kier molecular flexibility index (Phi) is 4.45. The second-order valence-corrected chi connectivity index (χ2v) is 5.02. The van der Waals surface area contributed by atoms with Gasteiger partial charge in [0.1, 0.15) is 17.2 Å². The average Bonchev–Trinajstić information content (AvgIpc) is 2.41. The standard InChI is InChI=1S/C17H20O2/c1-13(2)12-14-4-6-16(7-5-14)19-17-10-8-15(18-3)9-11-17/h4-11,13H,12H2,1-3H3. The van der Waals surface area contributed by atoms with E-state index in [1.54, 1.807) is 7.11 Å². The molecule has 2 nitrogen and oxygen atoms in total. The third-order valence-corrected chi connectivity index (χ3v) is 2.86. The highest BCUT2D eigenvalue weighted by Crippen LogP contribution is 2.24. The zero-order chi connectivity index (χ0) is 13.7. The van der Waals surface area contributed by atoms with Crippen molar-refractivity contribution in [1.29, 1.82) is 0 Å². The van der Waals surface area contributed by atoms with Crippen LogP contribution in [0.25, 0.3) is 0 Å². The summed E-state index contributed by atoms with van der Waals surface area (Å²) >= 11 is 0. The van der Waals surface area contributed by atoms with Crippen LogP contribution < -0.4 is 9.47 Å². The molecule has 2 heteroatoms. The van der Waals surface area contributed by atoms with Crippen molar-refractivity contribution in [3.63, 3.8) is 0 Å². The molecule has 0 aliphatic heterocycles. The summed E-state index contributed by atoms with van der Waals surface area (Å²) in [5, 5.41) is 0. The normalized spacial score (nSPS) is 10.5. The summed E-state index contributed by atoms with van der Waals surface area (Å²) in [4.78, 5) is 0. The molecule has 2 rings (SSSR count). The van der Waals surface area contributed by atoms with Crippen LogP contribution in [0.1, 0.15) is 19.4 Å². The number of rotatable bonds is 5. The smallest absolute Gasteiger partial charge is 0.127 e. The Hall–Kier alpha value is -1.96. The molecule has 2 aromatic rings. The minimum Gasteiger partial charge on any atom is -0.497 e. The Morgan fingerprint density at radius 1 is 0.789 bits per heavy atom. The van der Waals surface area contributed by atoms with Crippen LogP contribution in [-0.2, 0) is 6.42 Å². The lowest BCUT2D eigenvalue weighted by Gasteiger charge is -2.08. The van der Waals surface area contributed by atoms with Gasteiger partial charge in [0, 0.05) is 0 Å². The van der Waals surface area contributed by atoms with Crippen molar-refractivity contribution in [3.8, 4) is 17.2 Å². The van der Waals surface area contributed by atoms with Crippen molar-refractivity contribution in [2.45, 2.75) is 20.3 Å². The van der Waals surface area contributed by atoms with Gasteiger partial charge in [-0.1, -0.05) is 26.0 Å². The van der Waals surface area contributed by atoms with Gasteiger partial charge in [0.05, 0.1) is 7.11 Å². The maximum atomic E-state index is 5.78. The van der Waals surface area contributed by atoms with Crippen molar-refractivity contribution in [3.05, 3.63) is 54.1 Å². The Morgan fingerprint density at radius 3 is 1.74 bits per heavy atom. The Bertz CT molecular complexity index is 498. The van der Waals surface area contributed by atoms with Crippen molar-refractivity contribution in [2.24, 2.45) is 5.92 Å². The predicted molar refractivity (Wildman–Crippen MR) is 78.1 cm³/mol. The topological polar surface area (TPSA) is 18.5 Å². The molecule has 19 heavy (non-hydrogen) atoms. The second kappa shape index (κ2) is 6.28. The highest BCUT2D eigenvalue weighted by atomic mass is 16.5. The molecule has 0 bridgehead atoms. The highest BCUT2D eigenvalue weighted by Gasteiger charge is 2.00. The fraction of sp³-hybridized carbons (Fsp3) is 0.294. The molecule has 0 aliphatic rings. The van der Waals surface area contributed by atoms with Gasteiger partial charge in [0.15, 0.2) is 0 Å². The van der Waals surface area contributed by atoms with Crippen molar-refractivity contribution < 1.29 is 9.47 Å². The number of benzene rings is 2. The van der Waals surface area contributed by atoms with Crippen LogP contribution in [0.5, 0.6) is 17.2 Å². The Morgan fingerprint density at radius 2 is 1.26 bits per heavy atom. The van der Waals surface area contributed by atoms with Crippen molar-refractivity contribution in [2.75, 3.05) is 7.11 Å². The van der Waals surface area contributed by atoms with Crippen LogP contribution in [0.2, 0.25) is 0 Å². The summed E-state index contributed by atoms with van der Waals surface area (Å²) in [6.07, 6.45) is 1.10. The van der Waals surface area contributed by atoms with Crippen LogP contribution in [0.15, 0.2) is 48.5 Å². The molecular weight excluding hydrogens is 236 g/mol. The first-order valence-electron chi connectivity index (χ1n) is 6.58. The predicted octanol–water partition coefficient (Wildman–Crippen LogP) is 4.69. The molecule has 0 spiro atoms. The van der Waals surface area contributed by atoms with E-state index < -0.39 is 0 Å². The van der Waals surface area contributed by atoms with E-state index in [1.165, 1.54) is 5.56 Å². The van der Waals surface area contributed by atoms with Gasteiger partial charge < -0.3 is 9.47 Å². The summed E-state index contributed by atoms with van der Waals surface area (Å²) in [6.45, 7) is 4.45. The van der Waals surface area contributed by atoms with Gasteiger partial charge in [0.25, 0.3) is 0 Å². The van der Waals surface area contributed by atoms with Gasteiger partial charge >= 0.3 is 0 Å². The number of hydrogen-bond acceptors (Lipinski definition) is 2. The van der Waals surface area contributed by atoms with Gasteiger partial charge in [-0.3, -0.25) is 0 Å². The molecule has 0 amide bonds. The molecule has 100 valence electrons. The summed E-state index contributed by atoms with van der Waals surface area (Å²) < 4.78 is 10.9. The largest absolute Gasteiger partial charge is 0.497 e. The summed E-state index contributed by atoms with van der Waals surface area (Å²) in [5.74, 6) is 3.18. The van der Waals surface area contributed by atoms with E-state index in [0.29, 0.717) is 5.92 Å². The lowest BCUT2D eigenvalue weighted by atomic mass is 10.0. The van der Waals surface area contributed by atoms with Crippen molar-refractivity contribution in [1.82, 2.24) is 0 Å². The molecule has 0 unspecified atom stereocenters. The van der Waals surface area contributed by atoms with E-state index >= 15 is 0 Å². The van der Waals surface area contributed by atoms with E-state index in [9.17, 15) is 0 Å². The third-order valence-electron chi connectivity index (χ3n) is 2.86. The highest BCUT2D eigenvalue weighted by molar-refractivity contribution is 5.36. The van der Waals surface area contributed by atoms with Crippen LogP contribution >= 0.6 is 0 Å². The molecule has 0 radical (unpaired) electrons. The molecule has 0 heterocycles. The third kappa shape index (κ3) is 4.02. The fourth-order valence-electron chi connectivity index (χ4n) is 1.94. The fourth-order valence-corrected chi connectivity index (χ4v) is 1.94. The van der Waals surface area contributed by atoms with Gasteiger partial charge in [-0.05, 0) is 54.3 Å². The SMILES string of the molecule is COc1ccc(Oc2ccc(CC(C)C)cc2)cc1. The molecule has 0 aromatic heterocycles. The van der Waals surface area contributed by atoms with Gasteiger partial charge in [-0.15, -0.1) is 0 Å². The molecular formula is C17H20O2. The Balaban J connectivity index is 2.02. The van der Waals surface area contributed by atoms with Crippen LogP contribution in [0.3, 0.4) is 0 Å². The van der Waals surface area contributed by atoms with E-state index in [1.807, 2.05) is 36.4 Å². The molecule has 0 aliphatic carbocycles. The van der Waals surface area contributed by atoms with E-state index in [4.69, 9.17) is 9.47 Å². The first-order valence-corrected chi connectivity index (χ1v) is 6.58. The minimum atomic E-state index is 0.674. The van der Waals surface area contributed by atoms with Gasteiger partial charge in [0.2, 0.25) is 0 Å². The maximum absolute atomic E-state index is 5.78. The molecule has 0 saturated heterocycles. The maximum Gasteiger partial charge on any atom is 0.127 e. The Labute approximate surface area is 115 Å². The quantitative estimate of drug-likeness (QED) is 0.773. The minimum absolute atomic E-state index is 0.674. The monoisotopic (exact) mass is 256 g/mol. The van der Waals surface area contributed by atoms with Gasteiger partial charge in [-0.25, -0.2) is 0 Å². The lowest BCUT2D eigenvalue weighted by Crippen LogP contribution is -1.93. The van der Waals surface area contributed by atoms with Crippen LogP contribution in [-0.4, -0.2) is 7.11 Å². The molecule has 0 N–H and O–H groups in total. The molecule has 2 aromatic carbocycles. The summed E-state index contributed by atoms with van der Waals surface area (Å²) in [6, 6.07) is 15.9. The van der Waals surface area contributed by atoms with Crippen molar-refractivity contribution >= 4 is 0 Å². The lowest BCUT2D eigenvalue weighted by molar-refractivity contribution is 0.413. The average molecular weight is 256 g/mol. The second-order valence-electron chi connectivity index (χ2n) is 5.02. The van der Waals surface area contributed by atoms with Crippen LogP contribution in [0.4, 0.5) is 0 Å². The summed E-state index contributed by atoms with van der Waals surface area (Å²) in [5.41, 5.74) is 1.34. The molecule has 0 atom stereocenters.